The van der Waals surface area contributed by atoms with Crippen LogP contribution in [-0.4, -0.2) is 66.7 Å². The second-order valence-corrected chi connectivity index (χ2v) is 6.41. The van der Waals surface area contributed by atoms with E-state index in [1.807, 2.05) is 19.1 Å². The summed E-state index contributed by atoms with van der Waals surface area (Å²) in [5.41, 5.74) is 0.381. The van der Waals surface area contributed by atoms with Gasteiger partial charge in [-0.25, -0.2) is 9.79 Å². The molecule has 0 atom stereocenters. The van der Waals surface area contributed by atoms with Crippen molar-refractivity contribution in [2.24, 2.45) is 4.99 Å². The van der Waals surface area contributed by atoms with Crippen molar-refractivity contribution in [3.8, 4) is 0 Å². The van der Waals surface area contributed by atoms with Gasteiger partial charge in [0.15, 0.2) is 5.96 Å². The molecule has 8 heteroatoms. The fraction of sp³-hybridized carbons (Fsp3) is 0.412. The molecule has 1 spiro atoms. The van der Waals surface area contributed by atoms with Gasteiger partial charge in [0.2, 0.25) is 5.54 Å². The maximum atomic E-state index is 13.1. The van der Waals surface area contributed by atoms with Crippen molar-refractivity contribution in [3.63, 3.8) is 0 Å². The van der Waals surface area contributed by atoms with Gasteiger partial charge >= 0.3 is 6.03 Å². The Labute approximate surface area is 146 Å². The number of nitrogens with zero attached hydrogens (tertiary/aromatic N) is 4. The number of carbonyl (C=O) groups is 3. The third-order valence-corrected chi connectivity index (χ3v) is 4.63. The van der Waals surface area contributed by atoms with Crippen LogP contribution in [0, 0.1) is 0 Å². The Morgan fingerprint density at radius 1 is 1.12 bits per heavy atom. The number of likely N-dealkylation sites (N-methyl/N-ethyl adjacent to an activating group) is 2. The maximum absolute atomic E-state index is 13.1. The van der Waals surface area contributed by atoms with Gasteiger partial charge in [-0.15, -0.1) is 0 Å². The molecule has 0 saturated carbocycles. The molecule has 1 aromatic rings. The summed E-state index contributed by atoms with van der Waals surface area (Å²) in [5, 5.41) is 3.17. The van der Waals surface area contributed by atoms with Crippen molar-refractivity contribution in [1.82, 2.24) is 14.7 Å². The number of amides is 4. The molecule has 1 saturated heterocycles. The van der Waals surface area contributed by atoms with Crippen LogP contribution in [0.4, 0.5) is 10.5 Å². The highest BCUT2D eigenvalue weighted by Gasteiger charge is 2.59. The first kappa shape index (κ1) is 16.9. The molecule has 0 aliphatic carbocycles. The molecule has 2 aliphatic rings. The molecule has 0 unspecified atom stereocenters. The average molecular weight is 343 g/mol. The molecule has 25 heavy (non-hydrogen) atoms. The van der Waals surface area contributed by atoms with E-state index >= 15 is 0 Å². The zero-order valence-electron chi connectivity index (χ0n) is 15.0. The Bertz CT molecular complexity index is 791. The third-order valence-electron chi connectivity index (χ3n) is 4.63. The minimum atomic E-state index is -1.79. The molecule has 2 aliphatic heterocycles. The summed E-state index contributed by atoms with van der Waals surface area (Å²) in [6.45, 7) is 2.03. The zero-order chi connectivity index (χ0) is 18.5. The van der Waals surface area contributed by atoms with Crippen LogP contribution in [0.1, 0.15) is 18.1 Å². The van der Waals surface area contributed by atoms with Crippen molar-refractivity contribution in [3.05, 3.63) is 29.3 Å². The van der Waals surface area contributed by atoms with E-state index in [0.717, 1.165) is 21.8 Å². The van der Waals surface area contributed by atoms with Crippen LogP contribution in [0.2, 0.25) is 0 Å². The van der Waals surface area contributed by atoms with Crippen molar-refractivity contribution in [2.45, 2.75) is 18.9 Å². The number of urea groups is 1. The molecule has 3 rings (SSSR count). The molecule has 0 aromatic heterocycles. The standard InChI is InChI=1S/C17H21N5O3/c1-6-10-7-8-11-12(9-10)18-15(20(2)3)19-17(11)13(23)21(4)16(25)22(5)14(17)24/h7-9H,6H2,1-5H3,(H,18,19). The third kappa shape index (κ3) is 2.20. The molecule has 132 valence electrons. The Kier molecular flexibility index (Phi) is 3.78. The fourth-order valence-corrected chi connectivity index (χ4v) is 3.11. The second kappa shape index (κ2) is 5.58. The number of barbiturate groups is 1. The highest BCUT2D eigenvalue weighted by molar-refractivity contribution is 6.24. The van der Waals surface area contributed by atoms with E-state index in [2.05, 4.69) is 10.3 Å². The van der Waals surface area contributed by atoms with Gasteiger partial charge in [0.1, 0.15) is 0 Å². The molecule has 8 nitrogen and oxygen atoms in total. The predicted molar refractivity (Wildman–Crippen MR) is 93.2 cm³/mol. The van der Waals surface area contributed by atoms with E-state index in [0.29, 0.717) is 17.2 Å². The monoisotopic (exact) mass is 343 g/mol. The first-order chi connectivity index (χ1) is 11.7. The summed E-state index contributed by atoms with van der Waals surface area (Å²) >= 11 is 0. The van der Waals surface area contributed by atoms with E-state index in [1.54, 1.807) is 25.1 Å². The van der Waals surface area contributed by atoms with Crippen molar-refractivity contribution < 1.29 is 14.4 Å². The smallest absolute Gasteiger partial charge is 0.333 e. The van der Waals surface area contributed by atoms with E-state index in [1.165, 1.54) is 14.1 Å². The van der Waals surface area contributed by atoms with E-state index in [4.69, 9.17) is 0 Å². The number of fused-ring (bicyclic) bond motifs is 2. The number of imide groups is 2. The van der Waals surface area contributed by atoms with Gasteiger partial charge in [-0.05, 0) is 18.1 Å². The number of anilines is 1. The molecule has 1 N–H and O–H groups in total. The maximum Gasteiger partial charge on any atom is 0.333 e. The number of hydrogen-bond donors (Lipinski definition) is 1. The lowest BCUT2D eigenvalue weighted by molar-refractivity contribution is -0.150. The van der Waals surface area contributed by atoms with Crippen molar-refractivity contribution in [1.29, 1.82) is 0 Å². The van der Waals surface area contributed by atoms with Crippen LogP contribution in [0.25, 0.3) is 0 Å². The van der Waals surface area contributed by atoms with Gasteiger partial charge in [-0.2, -0.15) is 0 Å². The fourth-order valence-electron chi connectivity index (χ4n) is 3.11. The minimum Gasteiger partial charge on any atom is -0.349 e. The van der Waals surface area contributed by atoms with Crippen LogP contribution in [0.3, 0.4) is 0 Å². The van der Waals surface area contributed by atoms with Crippen molar-refractivity contribution >= 4 is 29.5 Å². The topological polar surface area (TPSA) is 85.3 Å². The number of guanidine groups is 1. The van der Waals surface area contributed by atoms with Gasteiger partial charge in [-0.1, -0.05) is 19.1 Å². The summed E-state index contributed by atoms with van der Waals surface area (Å²) in [6.07, 6.45) is 0.816. The first-order valence-electron chi connectivity index (χ1n) is 8.02. The molecular weight excluding hydrogens is 322 g/mol. The molecule has 1 aromatic carbocycles. The quantitative estimate of drug-likeness (QED) is 0.764. The minimum absolute atomic E-state index is 0.388. The molecule has 1 fully saturated rings. The first-order valence-corrected chi connectivity index (χ1v) is 8.02. The number of carbonyl (C=O) groups excluding carboxylic acids is 3. The highest BCUT2D eigenvalue weighted by atomic mass is 16.2. The predicted octanol–water partition coefficient (Wildman–Crippen LogP) is 0.838. The van der Waals surface area contributed by atoms with Gasteiger partial charge in [0.05, 0.1) is 0 Å². The Morgan fingerprint density at radius 2 is 1.72 bits per heavy atom. The van der Waals surface area contributed by atoms with E-state index in [-0.39, 0.29) is 0 Å². The summed E-state index contributed by atoms with van der Waals surface area (Å²) in [5.74, 6) is -0.905. The van der Waals surface area contributed by atoms with Crippen LogP contribution in [0.15, 0.2) is 23.2 Å². The molecule has 0 radical (unpaired) electrons. The van der Waals surface area contributed by atoms with Gasteiger partial charge in [0, 0.05) is 39.4 Å². The largest absolute Gasteiger partial charge is 0.349 e. The normalized spacial score (nSPS) is 18.9. The lowest BCUT2D eigenvalue weighted by atomic mass is 9.83. The number of hydrogen-bond acceptors (Lipinski definition) is 6. The molecule has 2 heterocycles. The van der Waals surface area contributed by atoms with Crippen LogP contribution in [-0.2, 0) is 21.5 Å². The molecule has 4 amide bonds. The van der Waals surface area contributed by atoms with E-state index < -0.39 is 23.4 Å². The number of nitrogens with one attached hydrogen (secondary N) is 1. The second-order valence-electron chi connectivity index (χ2n) is 6.41. The number of aliphatic imine (C=N–C) groups is 1. The van der Waals surface area contributed by atoms with Gasteiger partial charge in [0.25, 0.3) is 11.8 Å². The van der Waals surface area contributed by atoms with Crippen LogP contribution >= 0.6 is 0 Å². The van der Waals surface area contributed by atoms with Crippen molar-refractivity contribution in [2.75, 3.05) is 33.5 Å². The SMILES string of the molecule is CCc1ccc2c(c1)NC(N(C)C)=NC21C(=O)N(C)C(=O)N(C)C1=O. The van der Waals surface area contributed by atoms with Crippen LogP contribution < -0.4 is 5.32 Å². The number of rotatable bonds is 1. The highest BCUT2D eigenvalue weighted by Crippen LogP contribution is 2.41. The summed E-state index contributed by atoms with van der Waals surface area (Å²) in [6, 6.07) is 4.86. The summed E-state index contributed by atoms with van der Waals surface area (Å²) in [7, 11) is 6.26. The lowest BCUT2D eigenvalue weighted by Gasteiger charge is -2.42. The summed E-state index contributed by atoms with van der Waals surface area (Å²) < 4.78 is 0. The number of aryl methyl sites for hydroxylation is 1. The molecular formula is C17H21N5O3. The average Bonchev–Trinajstić information content (AvgIpc) is 2.62. The van der Waals surface area contributed by atoms with Gasteiger partial charge < -0.3 is 10.2 Å². The Morgan fingerprint density at radius 3 is 2.24 bits per heavy atom. The summed E-state index contributed by atoms with van der Waals surface area (Å²) in [4.78, 5) is 46.3. The van der Waals surface area contributed by atoms with Crippen LogP contribution in [0.5, 0.6) is 0 Å². The zero-order valence-corrected chi connectivity index (χ0v) is 15.0. The number of benzene rings is 1. The van der Waals surface area contributed by atoms with Gasteiger partial charge in [-0.3, -0.25) is 19.4 Å². The Hall–Kier alpha value is -2.90. The van der Waals surface area contributed by atoms with E-state index in [9.17, 15) is 14.4 Å². The Balaban J connectivity index is 2.31. The lowest BCUT2D eigenvalue weighted by Crippen LogP contribution is -2.66. The molecule has 0 bridgehead atoms.